The molecule has 124 valence electrons. The first kappa shape index (κ1) is 16.3. The molecule has 0 radical (unpaired) electrons. The van der Waals surface area contributed by atoms with Crippen LogP contribution in [0.5, 0.6) is 11.5 Å². The van der Waals surface area contributed by atoms with Crippen molar-refractivity contribution in [3.05, 3.63) is 40.9 Å². The molecular formula is C16H14BrN3O4. The van der Waals surface area contributed by atoms with Crippen LogP contribution >= 0.6 is 15.9 Å². The maximum atomic E-state index is 11.3. The molecule has 0 saturated heterocycles. The van der Waals surface area contributed by atoms with Crippen molar-refractivity contribution < 1.29 is 19.4 Å². The molecule has 0 unspecified atom stereocenters. The molecule has 0 aliphatic carbocycles. The lowest BCUT2D eigenvalue weighted by Gasteiger charge is -2.08. The van der Waals surface area contributed by atoms with Gasteiger partial charge in [-0.1, -0.05) is 15.9 Å². The van der Waals surface area contributed by atoms with Crippen LogP contribution in [0.3, 0.4) is 0 Å². The van der Waals surface area contributed by atoms with Crippen LogP contribution in [-0.4, -0.2) is 39.3 Å². The summed E-state index contributed by atoms with van der Waals surface area (Å²) in [6, 6.07) is 10.2. The van der Waals surface area contributed by atoms with Gasteiger partial charge in [0.25, 0.3) is 0 Å². The topological polar surface area (TPSA) is 86.5 Å². The van der Waals surface area contributed by atoms with Crippen LogP contribution in [0.15, 0.2) is 40.9 Å². The van der Waals surface area contributed by atoms with Crippen molar-refractivity contribution in [1.29, 1.82) is 0 Å². The molecule has 3 rings (SSSR count). The van der Waals surface area contributed by atoms with Crippen LogP contribution < -0.4 is 4.74 Å². The van der Waals surface area contributed by atoms with Gasteiger partial charge in [-0.05, 0) is 37.3 Å². The number of aromatic nitrogens is 3. The van der Waals surface area contributed by atoms with Gasteiger partial charge in [0.05, 0.1) is 6.61 Å². The highest BCUT2D eigenvalue weighted by Gasteiger charge is 2.11. The minimum absolute atomic E-state index is 0.0595. The summed E-state index contributed by atoms with van der Waals surface area (Å²) in [4.78, 5) is 12.6. The fraction of sp³-hybridized carbons (Fsp3) is 0.188. The highest BCUT2D eigenvalue weighted by atomic mass is 79.9. The predicted octanol–water partition coefficient (Wildman–Crippen LogP) is 2.83. The molecule has 0 spiro atoms. The number of phenols is 1. The van der Waals surface area contributed by atoms with Crippen molar-refractivity contribution in [2.45, 2.75) is 6.92 Å². The number of benzene rings is 2. The summed E-state index contributed by atoms with van der Waals surface area (Å²) in [7, 11) is 0. The summed E-state index contributed by atoms with van der Waals surface area (Å²) in [6.07, 6.45) is 0. The molecule has 1 N–H and O–H groups in total. The normalized spacial score (nSPS) is 10.8. The quantitative estimate of drug-likeness (QED) is 0.672. The SMILES string of the molecule is CCOC(=O)COc1ccc(-n2nc3ccc(Br)cc3n2)c(O)c1. The first-order valence-electron chi connectivity index (χ1n) is 7.21. The molecule has 3 aromatic rings. The Morgan fingerprint density at radius 3 is 2.75 bits per heavy atom. The Hall–Kier alpha value is -2.61. The largest absolute Gasteiger partial charge is 0.505 e. The van der Waals surface area contributed by atoms with Gasteiger partial charge in [-0.2, -0.15) is 0 Å². The maximum absolute atomic E-state index is 11.3. The summed E-state index contributed by atoms with van der Waals surface area (Å²) in [6.45, 7) is 1.80. The molecule has 0 atom stereocenters. The predicted molar refractivity (Wildman–Crippen MR) is 90.4 cm³/mol. The molecule has 0 fully saturated rings. The Labute approximate surface area is 145 Å². The number of hydrogen-bond acceptors (Lipinski definition) is 6. The van der Waals surface area contributed by atoms with Gasteiger partial charge in [0.1, 0.15) is 28.2 Å². The van der Waals surface area contributed by atoms with Gasteiger partial charge in [-0.3, -0.25) is 0 Å². The number of halogens is 1. The second kappa shape index (κ2) is 6.88. The Morgan fingerprint density at radius 1 is 1.21 bits per heavy atom. The Bertz CT molecular complexity index is 894. The van der Waals surface area contributed by atoms with Crippen molar-refractivity contribution in [2.75, 3.05) is 13.2 Å². The van der Waals surface area contributed by atoms with Crippen LogP contribution in [0.2, 0.25) is 0 Å². The van der Waals surface area contributed by atoms with Crippen molar-refractivity contribution in [3.63, 3.8) is 0 Å². The fourth-order valence-corrected chi connectivity index (χ4v) is 2.45. The molecule has 0 bridgehead atoms. The van der Waals surface area contributed by atoms with Gasteiger partial charge >= 0.3 is 5.97 Å². The third-order valence-corrected chi connectivity index (χ3v) is 3.66. The third kappa shape index (κ3) is 3.48. The maximum Gasteiger partial charge on any atom is 0.344 e. The molecular weight excluding hydrogens is 378 g/mol. The summed E-state index contributed by atoms with van der Waals surface area (Å²) in [5.41, 5.74) is 1.82. The van der Waals surface area contributed by atoms with E-state index in [1.807, 2.05) is 18.2 Å². The molecule has 1 heterocycles. The van der Waals surface area contributed by atoms with E-state index >= 15 is 0 Å². The van der Waals surface area contributed by atoms with Gasteiger partial charge in [-0.25, -0.2) is 4.79 Å². The van der Waals surface area contributed by atoms with Gasteiger partial charge < -0.3 is 14.6 Å². The minimum Gasteiger partial charge on any atom is -0.505 e. The first-order chi connectivity index (χ1) is 11.6. The standard InChI is InChI=1S/C16H14BrN3O4/c1-2-23-16(22)9-24-11-4-6-14(15(21)8-11)20-18-12-5-3-10(17)7-13(12)19-20/h3-8,21H,2,9H2,1H3. The lowest BCUT2D eigenvalue weighted by molar-refractivity contribution is -0.145. The molecule has 0 amide bonds. The van der Waals surface area contributed by atoms with E-state index in [9.17, 15) is 9.90 Å². The van der Waals surface area contributed by atoms with E-state index < -0.39 is 5.97 Å². The highest BCUT2D eigenvalue weighted by molar-refractivity contribution is 9.10. The molecule has 0 saturated carbocycles. The van der Waals surface area contributed by atoms with Gasteiger partial charge in [0, 0.05) is 10.5 Å². The number of fused-ring (bicyclic) bond motifs is 1. The van der Waals surface area contributed by atoms with E-state index in [1.54, 1.807) is 19.1 Å². The summed E-state index contributed by atoms with van der Waals surface area (Å²) < 4.78 is 10.9. The zero-order valence-electron chi connectivity index (χ0n) is 12.8. The van der Waals surface area contributed by atoms with E-state index in [0.717, 1.165) is 4.47 Å². The summed E-state index contributed by atoms with van der Waals surface area (Å²) in [5.74, 6) is -0.175. The summed E-state index contributed by atoms with van der Waals surface area (Å²) in [5, 5.41) is 18.8. The number of carbonyl (C=O) groups is 1. The molecule has 24 heavy (non-hydrogen) atoms. The number of ether oxygens (including phenoxy) is 2. The number of aromatic hydroxyl groups is 1. The van der Waals surface area contributed by atoms with E-state index in [4.69, 9.17) is 9.47 Å². The van der Waals surface area contributed by atoms with Gasteiger partial charge in [0.2, 0.25) is 0 Å². The molecule has 0 aliphatic heterocycles. The smallest absolute Gasteiger partial charge is 0.344 e. The van der Waals surface area contributed by atoms with Crippen LogP contribution in [0.4, 0.5) is 0 Å². The Kier molecular flexibility index (Phi) is 4.66. The average Bonchev–Trinajstić information content (AvgIpc) is 2.96. The third-order valence-electron chi connectivity index (χ3n) is 3.17. The van der Waals surface area contributed by atoms with E-state index in [1.165, 1.54) is 10.9 Å². The number of phenolic OH excluding ortho intramolecular Hbond substituents is 1. The first-order valence-corrected chi connectivity index (χ1v) is 8.00. The molecule has 8 heteroatoms. The number of hydrogen-bond donors (Lipinski definition) is 1. The molecule has 2 aromatic carbocycles. The van der Waals surface area contributed by atoms with E-state index in [-0.39, 0.29) is 12.4 Å². The van der Waals surface area contributed by atoms with Crippen molar-refractivity contribution in [2.24, 2.45) is 0 Å². The Balaban J connectivity index is 1.82. The lowest BCUT2D eigenvalue weighted by Crippen LogP contribution is -2.14. The number of rotatable bonds is 5. The van der Waals surface area contributed by atoms with E-state index in [0.29, 0.717) is 29.1 Å². The van der Waals surface area contributed by atoms with Gasteiger partial charge in [-0.15, -0.1) is 15.0 Å². The highest BCUT2D eigenvalue weighted by Crippen LogP contribution is 2.27. The van der Waals surface area contributed by atoms with Gasteiger partial charge in [0.15, 0.2) is 6.61 Å². The molecule has 7 nitrogen and oxygen atoms in total. The Morgan fingerprint density at radius 2 is 2.00 bits per heavy atom. The second-order valence-electron chi connectivity index (χ2n) is 4.87. The fourth-order valence-electron chi connectivity index (χ4n) is 2.10. The van der Waals surface area contributed by atoms with Crippen molar-refractivity contribution in [1.82, 2.24) is 15.0 Å². The van der Waals surface area contributed by atoms with Crippen LogP contribution in [0.1, 0.15) is 6.92 Å². The number of carbonyl (C=O) groups excluding carboxylic acids is 1. The zero-order valence-corrected chi connectivity index (χ0v) is 14.4. The summed E-state index contributed by atoms with van der Waals surface area (Å²) >= 11 is 3.38. The minimum atomic E-state index is -0.466. The van der Waals surface area contributed by atoms with Crippen LogP contribution in [0, 0.1) is 0 Å². The van der Waals surface area contributed by atoms with E-state index in [2.05, 4.69) is 26.1 Å². The van der Waals surface area contributed by atoms with Crippen LogP contribution in [0.25, 0.3) is 16.7 Å². The number of esters is 1. The van der Waals surface area contributed by atoms with Crippen LogP contribution in [-0.2, 0) is 9.53 Å². The zero-order chi connectivity index (χ0) is 17.1. The molecule has 0 aliphatic rings. The second-order valence-corrected chi connectivity index (χ2v) is 5.78. The van der Waals surface area contributed by atoms with Crippen molar-refractivity contribution in [3.8, 4) is 17.2 Å². The number of nitrogens with zero attached hydrogens (tertiary/aromatic N) is 3. The lowest BCUT2D eigenvalue weighted by atomic mass is 10.3. The monoisotopic (exact) mass is 391 g/mol. The van der Waals surface area contributed by atoms with Crippen molar-refractivity contribution >= 4 is 32.9 Å². The molecule has 1 aromatic heterocycles. The average molecular weight is 392 g/mol.